The molecular formula is C11H8ClIO3. The summed E-state index contributed by atoms with van der Waals surface area (Å²) in [6.45, 7) is -0.0453. The molecule has 0 aliphatic carbocycles. The van der Waals surface area contributed by atoms with Gasteiger partial charge < -0.3 is 9.47 Å². The minimum atomic E-state index is -0.450. The first-order chi connectivity index (χ1) is 7.72. The van der Waals surface area contributed by atoms with Crippen LogP contribution in [0.5, 0.6) is 5.75 Å². The van der Waals surface area contributed by atoms with Crippen LogP contribution in [0.25, 0.3) is 0 Å². The maximum atomic E-state index is 11.1. The SMILES string of the molecule is O=C(COc1ccc(Cl)cc1)OCC#CI. The van der Waals surface area contributed by atoms with Gasteiger partial charge in [-0.3, -0.25) is 0 Å². The molecule has 84 valence electrons. The van der Waals surface area contributed by atoms with E-state index < -0.39 is 5.97 Å². The molecule has 0 radical (unpaired) electrons. The van der Waals surface area contributed by atoms with Crippen LogP contribution in [-0.2, 0) is 9.53 Å². The van der Waals surface area contributed by atoms with Crippen LogP contribution in [0.4, 0.5) is 0 Å². The minimum absolute atomic E-state index is 0.0890. The maximum absolute atomic E-state index is 11.1. The lowest BCUT2D eigenvalue weighted by atomic mass is 10.3. The van der Waals surface area contributed by atoms with Crippen LogP contribution < -0.4 is 4.74 Å². The zero-order valence-corrected chi connectivity index (χ0v) is 11.1. The molecule has 0 unspecified atom stereocenters. The highest BCUT2D eigenvalue weighted by Crippen LogP contribution is 2.15. The number of carbonyl (C=O) groups is 1. The quantitative estimate of drug-likeness (QED) is 0.476. The topological polar surface area (TPSA) is 35.5 Å². The van der Waals surface area contributed by atoms with Crippen molar-refractivity contribution in [3.05, 3.63) is 29.3 Å². The number of halogens is 2. The highest BCUT2D eigenvalue weighted by atomic mass is 127. The van der Waals surface area contributed by atoms with Crippen molar-refractivity contribution in [2.45, 2.75) is 0 Å². The van der Waals surface area contributed by atoms with Gasteiger partial charge in [-0.15, -0.1) is 0 Å². The molecule has 1 aromatic carbocycles. The van der Waals surface area contributed by atoms with Gasteiger partial charge in [0.15, 0.2) is 13.2 Å². The molecule has 16 heavy (non-hydrogen) atoms. The van der Waals surface area contributed by atoms with Gasteiger partial charge in [0.2, 0.25) is 0 Å². The number of ether oxygens (including phenoxy) is 2. The summed E-state index contributed by atoms with van der Waals surface area (Å²) in [7, 11) is 0. The second-order valence-corrected chi connectivity index (χ2v) is 3.65. The number of esters is 1. The van der Waals surface area contributed by atoms with E-state index in [1.807, 2.05) is 22.6 Å². The lowest BCUT2D eigenvalue weighted by molar-refractivity contribution is -0.144. The van der Waals surface area contributed by atoms with Crippen LogP contribution in [-0.4, -0.2) is 19.2 Å². The fraction of sp³-hybridized carbons (Fsp3) is 0.182. The molecule has 0 aliphatic rings. The fourth-order valence-corrected chi connectivity index (χ4v) is 1.14. The summed E-state index contributed by atoms with van der Waals surface area (Å²) >= 11 is 7.57. The van der Waals surface area contributed by atoms with Gasteiger partial charge in [0.1, 0.15) is 5.75 Å². The van der Waals surface area contributed by atoms with Gasteiger partial charge in [-0.2, -0.15) is 0 Å². The Morgan fingerprint density at radius 3 is 2.69 bits per heavy atom. The van der Waals surface area contributed by atoms with Gasteiger partial charge >= 0.3 is 5.97 Å². The second kappa shape index (κ2) is 7.36. The van der Waals surface area contributed by atoms with E-state index in [1.54, 1.807) is 24.3 Å². The predicted octanol–water partition coefficient (Wildman–Crippen LogP) is 2.66. The summed E-state index contributed by atoms with van der Waals surface area (Å²) in [6.07, 6.45) is 0. The Balaban J connectivity index is 2.30. The summed E-state index contributed by atoms with van der Waals surface area (Å²) in [4.78, 5) is 11.1. The number of benzene rings is 1. The van der Waals surface area contributed by atoms with E-state index in [9.17, 15) is 4.79 Å². The molecule has 5 heteroatoms. The monoisotopic (exact) mass is 350 g/mol. The maximum Gasteiger partial charge on any atom is 0.345 e. The van der Waals surface area contributed by atoms with Crippen LogP contribution in [0.3, 0.4) is 0 Å². The molecule has 0 amide bonds. The van der Waals surface area contributed by atoms with Crippen LogP contribution in [0.2, 0.25) is 5.02 Å². The van der Waals surface area contributed by atoms with Crippen molar-refractivity contribution in [3.8, 4) is 15.6 Å². The number of rotatable bonds is 4. The van der Waals surface area contributed by atoms with E-state index in [2.05, 4.69) is 9.85 Å². The Bertz CT molecular complexity index is 405. The molecule has 1 rings (SSSR count). The van der Waals surface area contributed by atoms with Gasteiger partial charge in [0.05, 0.1) is 0 Å². The predicted molar refractivity (Wildman–Crippen MR) is 69.7 cm³/mol. The zero-order valence-electron chi connectivity index (χ0n) is 8.20. The molecule has 0 atom stereocenters. The number of hydrogen-bond donors (Lipinski definition) is 0. The summed E-state index contributed by atoms with van der Waals surface area (Å²) in [6, 6.07) is 6.73. The van der Waals surface area contributed by atoms with Crippen molar-refractivity contribution in [2.24, 2.45) is 0 Å². The van der Waals surface area contributed by atoms with E-state index in [0.29, 0.717) is 10.8 Å². The Kier molecular flexibility index (Phi) is 6.04. The van der Waals surface area contributed by atoms with Crippen LogP contribution >= 0.6 is 34.2 Å². The smallest absolute Gasteiger partial charge is 0.345 e. The molecular weight excluding hydrogens is 342 g/mol. The summed E-state index contributed by atoms with van der Waals surface area (Å²) in [5, 5.41) is 0.618. The average Bonchev–Trinajstić information content (AvgIpc) is 2.29. The van der Waals surface area contributed by atoms with E-state index in [0.717, 1.165) is 0 Å². The molecule has 0 spiro atoms. The first-order valence-electron chi connectivity index (χ1n) is 4.35. The largest absolute Gasteiger partial charge is 0.482 e. The third-order valence-corrected chi connectivity index (χ3v) is 2.18. The fourth-order valence-electron chi connectivity index (χ4n) is 0.859. The molecule has 0 saturated carbocycles. The lowest BCUT2D eigenvalue weighted by Crippen LogP contribution is -2.14. The van der Waals surface area contributed by atoms with Crippen LogP contribution in [0, 0.1) is 9.85 Å². The first kappa shape index (κ1) is 13.1. The van der Waals surface area contributed by atoms with Gasteiger partial charge in [-0.25, -0.2) is 4.79 Å². The highest BCUT2D eigenvalue weighted by Gasteiger charge is 2.02. The minimum Gasteiger partial charge on any atom is -0.482 e. The van der Waals surface area contributed by atoms with Gasteiger partial charge in [-0.05, 0) is 28.2 Å². The molecule has 0 bridgehead atoms. The molecule has 3 nitrogen and oxygen atoms in total. The molecule has 0 heterocycles. The Hall–Kier alpha value is -0.930. The van der Waals surface area contributed by atoms with Crippen molar-refractivity contribution in [1.82, 2.24) is 0 Å². The summed E-state index contributed by atoms with van der Waals surface area (Å²) in [5.74, 6) is 2.73. The molecule has 0 aromatic heterocycles. The Morgan fingerprint density at radius 1 is 1.38 bits per heavy atom. The second-order valence-electron chi connectivity index (χ2n) is 2.67. The molecule has 0 N–H and O–H groups in total. The van der Waals surface area contributed by atoms with E-state index in [1.165, 1.54) is 0 Å². The van der Waals surface area contributed by atoms with Crippen LogP contribution in [0.1, 0.15) is 0 Å². The average molecular weight is 351 g/mol. The molecule has 0 fully saturated rings. The van der Waals surface area contributed by atoms with Crippen LogP contribution in [0.15, 0.2) is 24.3 Å². The number of hydrogen-bond acceptors (Lipinski definition) is 3. The van der Waals surface area contributed by atoms with Gasteiger partial charge in [-0.1, -0.05) is 17.5 Å². The first-order valence-corrected chi connectivity index (χ1v) is 5.80. The third kappa shape index (κ3) is 5.24. The molecule has 1 aromatic rings. The van der Waals surface area contributed by atoms with Crippen molar-refractivity contribution in [1.29, 1.82) is 0 Å². The molecule has 0 saturated heterocycles. The standard InChI is InChI=1S/C11H8ClIO3/c12-9-2-4-10(5-3-9)16-8-11(14)15-7-1-6-13/h2-5H,7-8H2. The van der Waals surface area contributed by atoms with Crippen molar-refractivity contribution >= 4 is 40.2 Å². The summed E-state index contributed by atoms with van der Waals surface area (Å²) < 4.78 is 12.5. The Labute approximate surface area is 112 Å². The number of carbonyl (C=O) groups excluding carboxylic acids is 1. The zero-order chi connectivity index (χ0) is 11.8. The van der Waals surface area contributed by atoms with E-state index in [4.69, 9.17) is 21.1 Å². The normalized spacial score (nSPS) is 8.88. The van der Waals surface area contributed by atoms with E-state index >= 15 is 0 Å². The summed E-state index contributed by atoms with van der Waals surface area (Å²) in [5.41, 5.74) is 0. The van der Waals surface area contributed by atoms with E-state index in [-0.39, 0.29) is 13.2 Å². The van der Waals surface area contributed by atoms with Crippen molar-refractivity contribution < 1.29 is 14.3 Å². The molecule has 0 aliphatic heterocycles. The van der Waals surface area contributed by atoms with Crippen molar-refractivity contribution in [3.63, 3.8) is 0 Å². The highest BCUT2D eigenvalue weighted by molar-refractivity contribution is 14.1. The Morgan fingerprint density at radius 2 is 2.06 bits per heavy atom. The van der Waals surface area contributed by atoms with Crippen molar-refractivity contribution in [2.75, 3.05) is 13.2 Å². The third-order valence-electron chi connectivity index (χ3n) is 1.54. The van der Waals surface area contributed by atoms with Gasteiger partial charge in [0.25, 0.3) is 0 Å². The lowest BCUT2D eigenvalue weighted by Gasteiger charge is -2.04. The van der Waals surface area contributed by atoms with Gasteiger partial charge in [0, 0.05) is 27.6 Å².